The second-order valence-electron chi connectivity index (χ2n) is 1.26. The van der Waals surface area contributed by atoms with Crippen LogP contribution < -0.4 is 0 Å². The van der Waals surface area contributed by atoms with E-state index in [1.165, 1.54) is 0 Å². The largest absolute Gasteiger partial charge is 0.325 e. The molecular formula is C4H9NO2. The number of hydrogen-bond acceptors (Lipinski definition) is 3. The van der Waals surface area contributed by atoms with Crippen LogP contribution in [0.2, 0.25) is 0 Å². The first-order valence-corrected chi connectivity index (χ1v) is 2.20. The van der Waals surface area contributed by atoms with Gasteiger partial charge in [0.15, 0.2) is 0 Å². The van der Waals surface area contributed by atoms with Crippen molar-refractivity contribution in [2.24, 2.45) is 0 Å². The van der Waals surface area contributed by atoms with Gasteiger partial charge in [-0.3, -0.25) is 5.41 Å². The quantitative estimate of drug-likeness (QED) is 0.239. The van der Waals surface area contributed by atoms with Gasteiger partial charge in [0, 0.05) is 6.42 Å². The maximum absolute atomic E-state index is 7.74. The molecule has 0 aliphatic carbocycles. The zero-order valence-corrected chi connectivity index (χ0v) is 4.27. The lowest BCUT2D eigenvalue weighted by atomic mass is 10.3. The van der Waals surface area contributed by atoms with Crippen molar-refractivity contribution in [3.8, 4) is 0 Å². The highest BCUT2D eigenvalue weighted by Gasteiger charge is 1.89. The van der Waals surface area contributed by atoms with Crippen LogP contribution in [0.1, 0.15) is 19.8 Å². The van der Waals surface area contributed by atoms with E-state index in [2.05, 4.69) is 4.89 Å². The van der Waals surface area contributed by atoms with Crippen LogP contribution in [-0.4, -0.2) is 11.2 Å². The van der Waals surface area contributed by atoms with Gasteiger partial charge in [-0.25, -0.2) is 5.26 Å². The first kappa shape index (κ1) is 6.43. The van der Waals surface area contributed by atoms with E-state index in [1.807, 2.05) is 6.92 Å². The molecule has 0 saturated carbocycles. The maximum atomic E-state index is 7.74. The topological polar surface area (TPSA) is 53.3 Å². The molecule has 0 spiro atoms. The number of nitrogens with one attached hydrogen (secondary N) is 1. The number of hydrogen-bond donors (Lipinski definition) is 2. The molecule has 0 heterocycles. The van der Waals surface area contributed by atoms with Gasteiger partial charge in [-0.15, -0.1) is 0 Å². The molecule has 0 atom stereocenters. The van der Waals surface area contributed by atoms with Gasteiger partial charge in [0.1, 0.15) is 0 Å². The molecule has 0 bridgehead atoms. The molecule has 0 amide bonds. The predicted octanol–water partition coefficient (Wildman–Crippen LogP) is 1.25. The lowest BCUT2D eigenvalue weighted by molar-refractivity contribution is -0.158. The molecular weight excluding hydrogens is 94.0 g/mol. The Morgan fingerprint density at radius 2 is 2.43 bits per heavy atom. The molecule has 0 aromatic carbocycles. The summed E-state index contributed by atoms with van der Waals surface area (Å²) in [5, 5.41) is 14.4. The molecule has 0 rings (SSSR count). The van der Waals surface area contributed by atoms with E-state index in [0.717, 1.165) is 6.42 Å². The molecule has 0 unspecified atom stereocenters. The Morgan fingerprint density at radius 3 is 2.57 bits per heavy atom. The van der Waals surface area contributed by atoms with Crippen LogP contribution in [0.25, 0.3) is 0 Å². The minimum atomic E-state index is -0.0671. The van der Waals surface area contributed by atoms with Gasteiger partial charge in [0.05, 0.1) is 0 Å². The summed E-state index contributed by atoms with van der Waals surface area (Å²) in [4.78, 5) is 3.57. The monoisotopic (exact) mass is 103 g/mol. The van der Waals surface area contributed by atoms with Crippen molar-refractivity contribution in [1.82, 2.24) is 0 Å². The summed E-state index contributed by atoms with van der Waals surface area (Å²) in [5.41, 5.74) is 0. The molecule has 0 aromatic heterocycles. The molecule has 0 aliphatic heterocycles. The Bertz CT molecular complexity index is 62.7. The highest BCUT2D eigenvalue weighted by molar-refractivity contribution is 5.71. The molecule has 0 fully saturated rings. The third kappa shape index (κ3) is 3.26. The van der Waals surface area contributed by atoms with E-state index < -0.39 is 0 Å². The average Bonchev–Trinajstić information content (AvgIpc) is 1.68. The first-order chi connectivity index (χ1) is 3.31. The van der Waals surface area contributed by atoms with Crippen LogP contribution in [0.15, 0.2) is 0 Å². The minimum Gasteiger partial charge on any atom is -0.325 e. The van der Waals surface area contributed by atoms with Crippen molar-refractivity contribution in [2.75, 3.05) is 0 Å². The summed E-state index contributed by atoms with van der Waals surface area (Å²) in [7, 11) is 0. The first-order valence-electron chi connectivity index (χ1n) is 2.20. The Kier molecular flexibility index (Phi) is 3.32. The zero-order chi connectivity index (χ0) is 5.70. The summed E-state index contributed by atoms with van der Waals surface area (Å²) in [6, 6.07) is 0. The van der Waals surface area contributed by atoms with E-state index in [-0.39, 0.29) is 5.90 Å². The average molecular weight is 103 g/mol. The molecule has 7 heavy (non-hydrogen) atoms. The standard InChI is InChI=1S/C4H9NO2/c1-2-3-4(5)7-6/h5-6H,2-3H2,1H3. The minimum absolute atomic E-state index is 0.0671. The number of rotatable bonds is 2. The Hall–Kier alpha value is -0.570. The van der Waals surface area contributed by atoms with Crippen molar-refractivity contribution >= 4 is 5.90 Å². The Labute approximate surface area is 42.4 Å². The molecule has 3 heteroatoms. The van der Waals surface area contributed by atoms with Crippen LogP contribution in [0.4, 0.5) is 0 Å². The normalized spacial score (nSPS) is 8.29. The molecule has 0 aliphatic rings. The van der Waals surface area contributed by atoms with Crippen LogP contribution in [-0.2, 0) is 4.89 Å². The van der Waals surface area contributed by atoms with Gasteiger partial charge in [-0.1, -0.05) is 6.92 Å². The van der Waals surface area contributed by atoms with E-state index in [1.54, 1.807) is 0 Å². The molecule has 3 nitrogen and oxygen atoms in total. The zero-order valence-electron chi connectivity index (χ0n) is 4.27. The highest BCUT2D eigenvalue weighted by Crippen LogP contribution is 1.87. The Balaban J connectivity index is 3.00. The van der Waals surface area contributed by atoms with Gasteiger partial charge >= 0.3 is 0 Å². The summed E-state index contributed by atoms with van der Waals surface area (Å²) in [6.45, 7) is 1.91. The van der Waals surface area contributed by atoms with Crippen LogP contribution >= 0.6 is 0 Å². The van der Waals surface area contributed by atoms with Crippen molar-refractivity contribution in [2.45, 2.75) is 19.8 Å². The summed E-state index contributed by atoms with van der Waals surface area (Å²) < 4.78 is 0. The van der Waals surface area contributed by atoms with E-state index in [9.17, 15) is 0 Å². The van der Waals surface area contributed by atoms with Crippen molar-refractivity contribution in [1.29, 1.82) is 5.41 Å². The summed E-state index contributed by atoms with van der Waals surface area (Å²) >= 11 is 0. The smallest absolute Gasteiger partial charge is 0.224 e. The fourth-order valence-electron chi connectivity index (χ4n) is 0.273. The fraction of sp³-hybridized carbons (Fsp3) is 0.750. The SMILES string of the molecule is CCCC(=N)OO. The predicted molar refractivity (Wildman–Crippen MR) is 26.3 cm³/mol. The fourth-order valence-corrected chi connectivity index (χ4v) is 0.273. The lowest BCUT2D eigenvalue weighted by Crippen LogP contribution is -1.96. The Morgan fingerprint density at radius 1 is 1.86 bits per heavy atom. The lowest BCUT2D eigenvalue weighted by Gasteiger charge is -1.91. The second kappa shape index (κ2) is 3.61. The van der Waals surface area contributed by atoms with Gasteiger partial charge < -0.3 is 4.89 Å². The van der Waals surface area contributed by atoms with Crippen LogP contribution in [0.5, 0.6) is 0 Å². The van der Waals surface area contributed by atoms with Crippen molar-refractivity contribution in [3.05, 3.63) is 0 Å². The molecule has 0 aromatic rings. The van der Waals surface area contributed by atoms with Gasteiger partial charge in [0.25, 0.3) is 0 Å². The molecule has 2 N–H and O–H groups in total. The maximum Gasteiger partial charge on any atom is 0.224 e. The summed E-state index contributed by atoms with van der Waals surface area (Å²) in [6.07, 6.45) is 1.34. The molecule has 0 saturated heterocycles. The molecule has 42 valence electrons. The van der Waals surface area contributed by atoms with Crippen LogP contribution in [0.3, 0.4) is 0 Å². The second-order valence-corrected chi connectivity index (χ2v) is 1.26. The van der Waals surface area contributed by atoms with Crippen molar-refractivity contribution < 1.29 is 10.1 Å². The van der Waals surface area contributed by atoms with E-state index >= 15 is 0 Å². The van der Waals surface area contributed by atoms with E-state index in [0.29, 0.717) is 6.42 Å². The van der Waals surface area contributed by atoms with Gasteiger partial charge in [-0.05, 0) is 6.42 Å². The van der Waals surface area contributed by atoms with Crippen LogP contribution in [0, 0.1) is 5.41 Å². The van der Waals surface area contributed by atoms with E-state index in [4.69, 9.17) is 10.7 Å². The van der Waals surface area contributed by atoms with Crippen molar-refractivity contribution in [3.63, 3.8) is 0 Å². The van der Waals surface area contributed by atoms with Gasteiger partial charge in [0.2, 0.25) is 5.90 Å². The third-order valence-electron chi connectivity index (χ3n) is 0.587. The molecule has 0 radical (unpaired) electrons. The third-order valence-corrected chi connectivity index (χ3v) is 0.587. The summed E-state index contributed by atoms with van der Waals surface area (Å²) in [5.74, 6) is -0.0671. The van der Waals surface area contributed by atoms with Gasteiger partial charge in [-0.2, -0.15) is 0 Å². The highest BCUT2D eigenvalue weighted by atomic mass is 17.1.